The van der Waals surface area contributed by atoms with Crippen molar-refractivity contribution in [1.29, 1.82) is 0 Å². The first-order valence-electron chi connectivity index (χ1n) is 12.0. The minimum atomic E-state index is -0.162. The Labute approximate surface area is 201 Å². The number of carbonyl (C=O) groups is 1. The second-order valence-electron chi connectivity index (χ2n) is 9.09. The predicted octanol–water partition coefficient (Wildman–Crippen LogP) is 4.54. The van der Waals surface area contributed by atoms with Gasteiger partial charge in [0.05, 0.1) is 12.6 Å². The Hall–Kier alpha value is -3.38. The SMILES string of the molecule is Cc1ccc(CN2C(=O)COCC2c2cnccc2N2CCC(Oc3ccccc3)CC2)cc1. The van der Waals surface area contributed by atoms with Crippen LogP contribution in [0, 0.1) is 6.92 Å². The molecule has 2 aliphatic rings. The number of aryl methyl sites for hydroxylation is 1. The Morgan fingerprint density at radius 1 is 1.03 bits per heavy atom. The second-order valence-corrected chi connectivity index (χ2v) is 9.09. The molecule has 0 spiro atoms. The number of hydrogen-bond donors (Lipinski definition) is 0. The normalized spacial score (nSPS) is 19.3. The molecular weight excluding hydrogens is 426 g/mol. The van der Waals surface area contributed by atoms with Crippen LogP contribution in [0.2, 0.25) is 0 Å². The Balaban J connectivity index is 1.32. The molecule has 2 saturated heterocycles. The Morgan fingerprint density at radius 3 is 2.56 bits per heavy atom. The highest BCUT2D eigenvalue weighted by Gasteiger charge is 2.33. The van der Waals surface area contributed by atoms with Crippen LogP contribution < -0.4 is 9.64 Å². The van der Waals surface area contributed by atoms with Crippen molar-refractivity contribution in [2.45, 2.75) is 38.5 Å². The summed E-state index contributed by atoms with van der Waals surface area (Å²) in [5.74, 6) is 0.941. The van der Waals surface area contributed by atoms with Crippen LogP contribution in [-0.2, 0) is 16.1 Å². The topological polar surface area (TPSA) is 54.9 Å². The maximum atomic E-state index is 12.9. The number of benzene rings is 2. The van der Waals surface area contributed by atoms with Crippen molar-refractivity contribution in [2.24, 2.45) is 0 Å². The van der Waals surface area contributed by atoms with Gasteiger partial charge in [0.25, 0.3) is 0 Å². The van der Waals surface area contributed by atoms with Crippen LogP contribution in [0.3, 0.4) is 0 Å². The first-order chi connectivity index (χ1) is 16.7. The lowest BCUT2D eigenvalue weighted by Gasteiger charge is -2.39. The van der Waals surface area contributed by atoms with Crippen molar-refractivity contribution < 1.29 is 14.3 Å². The fourth-order valence-corrected chi connectivity index (χ4v) is 4.80. The van der Waals surface area contributed by atoms with E-state index in [1.165, 1.54) is 5.56 Å². The van der Waals surface area contributed by atoms with Gasteiger partial charge in [-0.05, 0) is 30.7 Å². The van der Waals surface area contributed by atoms with E-state index in [9.17, 15) is 4.79 Å². The summed E-state index contributed by atoms with van der Waals surface area (Å²) in [6.45, 7) is 5.03. The van der Waals surface area contributed by atoms with E-state index in [4.69, 9.17) is 9.47 Å². The minimum Gasteiger partial charge on any atom is -0.490 e. The van der Waals surface area contributed by atoms with E-state index < -0.39 is 0 Å². The van der Waals surface area contributed by atoms with E-state index in [2.05, 4.69) is 47.1 Å². The number of carbonyl (C=O) groups excluding carboxylic acids is 1. The van der Waals surface area contributed by atoms with Gasteiger partial charge in [-0.25, -0.2) is 0 Å². The zero-order valence-electron chi connectivity index (χ0n) is 19.6. The summed E-state index contributed by atoms with van der Waals surface area (Å²) in [5, 5.41) is 0. The molecule has 34 heavy (non-hydrogen) atoms. The standard InChI is InChI=1S/C28H31N3O3/c1-21-7-9-22(10-8-21)18-31-27(19-33-20-28(31)32)25-17-29-14-11-26(25)30-15-12-24(13-16-30)34-23-5-3-2-4-6-23/h2-11,14,17,24,27H,12-13,15-16,18-20H2,1H3. The average Bonchev–Trinajstić information content (AvgIpc) is 2.88. The van der Waals surface area contributed by atoms with Crippen molar-refractivity contribution in [2.75, 3.05) is 31.2 Å². The summed E-state index contributed by atoms with van der Waals surface area (Å²) in [6, 6.07) is 20.3. The van der Waals surface area contributed by atoms with Crippen LogP contribution in [0.5, 0.6) is 5.75 Å². The third kappa shape index (κ3) is 5.07. The van der Waals surface area contributed by atoms with Gasteiger partial charge in [-0.1, -0.05) is 48.0 Å². The number of para-hydroxylation sites is 1. The Morgan fingerprint density at radius 2 is 1.79 bits per heavy atom. The summed E-state index contributed by atoms with van der Waals surface area (Å²) in [4.78, 5) is 21.7. The van der Waals surface area contributed by atoms with Gasteiger partial charge in [0.1, 0.15) is 18.5 Å². The molecule has 2 aromatic carbocycles. The van der Waals surface area contributed by atoms with Crippen molar-refractivity contribution >= 4 is 11.6 Å². The van der Waals surface area contributed by atoms with E-state index in [1.807, 2.05) is 47.6 Å². The van der Waals surface area contributed by atoms with Crippen molar-refractivity contribution in [3.63, 3.8) is 0 Å². The van der Waals surface area contributed by atoms with E-state index in [0.29, 0.717) is 13.2 Å². The minimum absolute atomic E-state index is 0.0154. The van der Waals surface area contributed by atoms with E-state index in [-0.39, 0.29) is 24.7 Å². The maximum Gasteiger partial charge on any atom is 0.249 e. The van der Waals surface area contributed by atoms with Crippen molar-refractivity contribution in [3.05, 3.63) is 89.7 Å². The van der Waals surface area contributed by atoms with Gasteiger partial charge in [-0.2, -0.15) is 0 Å². The smallest absolute Gasteiger partial charge is 0.249 e. The number of rotatable bonds is 6. The first kappa shape index (κ1) is 22.4. The first-order valence-corrected chi connectivity index (χ1v) is 12.0. The molecule has 6 heteroatoms. The van der Waals surface area contributed by atoms with Crippen LogP contribution in [0.1, 0.15) is 35.6 Å². The van der Waals surface area contributed by atoms with Crippen LogP contribution in [0.4, 0.5) is 5.69 Å². The number of piperidine rings is 1. The number of ether oxygens (including phenoxy) is 2. The van der Waals surface area contributed by atoms with Gasteiger partial charge >= 0.3 is 0 Å². The molecule has 3 heterocycles. The fourth-order valence-electron chi connectivity index (χ4n) is 4.80. The molecule has 0 saturated carbocycles. The highest BCUT2D eigenvalue weighted by molar-refractivity contribution is 5.79. The summed E-state index contributed by atoms with van der Waals surface area (Å²) >= 11 is 0. The lowest BCUT2D eigenvalue weighted by atomic mass is 10.0. The van der Waals surface area contributed by atoms with Crippen LogP contribution >= 0.6 is 0 Å². The molecule has 1 aromatic heterocycles. The number of nitrogens with zero attached hydrogens (tertiary/aromatic N) is 3. The molecule has 1 amide bonds. The van der Waals surface area contributed by atoms with E-state index >= 15 is 0 Å². The largest absolute Gasteiger partial charge is 0.490 e. The number of hydrogen-bond acceptors (Lipinski definition) is 5. The number of anilines is 1. The molecule has 3 aromatic rings. The van der Waals surface area contributed by atoms with Gasteiger partial charge < -0.3 is 19.3 Å². The molecular formula is C28H31N3O3. The van der Waals surface area contributed by atoms with E-state index in [1.54, 1.807) is 0 Å². The predicted molar refractivity (Wildman–Crippen MR) is 132 cm³/mol. The third-order valence-corrected chi connectivity index (χ3v) is 6.69. The molecule has 0 aliphatic carbocycles. The van der Waals surface area contributed by atoms with Crippen LogP contribution in [0.15, 0.2) is 73.1 Å². The summed E-state index contributed by atoms with van der Waals surface area (Å²) < 4.78 is 11.9. The maximum absolute atomic E-state index is 12.9. The van der Waals surface area contributed by atoms with Crippen LogP contribution in [-0.4, -0.2) is 48.2 Å². The van der Waals surface area contributed by atoms with E-state index in [0.717, 1.165) is 48.5 Å². The molecule has 0 N–H and O–H groups in total. The summed E-state index contributed by atoms with van der Waals surface area (Å²) in [7, 11) is 0. The van der Waals surface area contributed by atoms with Gasteiger partial charge in [-0.3, -0.25) is 9.78 Å². The number of pyridine rings is 1. The highest BCUT2D eigenvalue weighted by Crippen LogP contribution is 2.34. The quantitative estimate of drug-likeness (QED) is 0.544. The van der Waals surface area contributed by atoms with Gasteiger partial charge in [0, 0.05) is 56.1 Å². The van der Waals surface area contributed by atoms with Gasteiger partial charge in [0.15, 0.2) is 0 Å². The number of aromatic nitrogens is 1. The molecule has 2 aliphatic heterocycles. The summed E-state index contributed by atoms with van der Waals surface area (Å²) in [5.41, 5.74) is 4.51. The lowest BCUT2D eigenvalue weighted by Crippen LogP contribution is -2.45. The second kappa shape index (κ2) is 10.3. The van der Waals surface area contributed by atoms with Crippen molar-refractivity contribution in [1.82, 2.24) is 9.88 Å². The number of amides is 1. The molecule has 176 valence electrons. The Kier molecular flexibility index (Phi) is 6.77. The monoisotopic (exact) mass is 457 g/mol. The molecule has 0 bridgehead atoms. The molecule has 0 radical (unpaired) electrons. The molecule has 1 atom stereocenters. The Bertz CT molecular complexity index is 1100. The number of morpholine rings is 1. The zero-order chi connectivity index (χ0) is 23.3. The fraction of sp³-hybridized carbons (Fsp3) is 0.357. The van der Waals surface area contributed by atoms with Gasteiger partial charge in [0.2, 0.25) is 5.91 Å². The lowest BCUT2D eigenvalue weighted by molar-refractivity contribution is -0.149. The molecule has 6 nitrogen and oxygen atoms in total. The summed E-state index contributed by atoms with van der Waals surface area (Å²) in [6.07, 6.45) is 5.84. The van der Waals surface area contributed by atoms with Crippen LogP contribution in [0.25, 0.3) is 0 Å². The molecule has 1 unspecified atom stereocenters. The van der Waals surface area contributed by atoms with Gasteiger partial charge in [-0.15, -0.1) is 0 Å². The third-order valence-electron chi connectivity index (χ3n) is 6.69. The highest BCUT2D eigenvalue weighted by atomic mass is 16.5. The molecule has 2 fully saturated rings. The van der Waals surface area contributed by atoms with Crippen molar-refractivity contribution in [3.8, 4) is 5.75 Å². The zero-order valence-corrected chi connectivity index (χ0v) is 19.6. The molecule has 5 rings (SSSR count). The average molecular weight is 458 g/mol.